The summed E-state index contributed by atoms with van der Waals surface area (Å²) in [6.45, 7) is 19.1. The van der Waals surface area contributed by atoms with Gasteiger partial charge in [0, 0.05) is 51.4 Å². The highest BCUT2D eigenvalue weighted by Crippen LogP contribution is 2.54. The average molecular weight is 1100 g/mol. The van der Waals surface area contributed by atoms with Crippen molar-refractivity contribution in [2.75, 3.05) is 6.61 Å². The Morgan fingerprint density at radius 3 is 1.88 bits per heavy atom. The Labute approximate surface area is 440 Å². The Bertz CT molecular complexity index is 2420. The van der Waals surface area contributed by atoms with Crippen molar-refractivity contribution in [3.05, 3.63) is 37.0 Å². The van der Waals surface area contributed by atoms with Gasteiger partial charge in [-0.1, -0.05) is 38.3 Å². The molecular formula is C52H78O21S2. The van der Waals surface area contributed by atoms with E-state index in [-0.39, 0.29) is 73.7 Å². The maximum absolute atomic E-state index is 12.3. The molecule has 26 atom stereocenters. The number of hydrogen-bond acceptors (Lipinski definition) is 19. The quantitative estimate of drug-likeness (QED) is 0.144. The minimum Gasteiger partial charge on any atom is -0.387 e. The van der Waals surface area contributed by atoms with Crippen molar-refractivity contribution in [1.82, 2.24) is 0 Å². The Morgan fingerprint density at radius 2 is 1.23 bits per heavy atom. The van der Waals surface area contributed by atoms with E-state index in [4.69, 9.17) is 60.8 Å². The van der Waals surface area contributed by atoms with E-state index in [1.807, 2.05) is 6.92 Å². The van der Waals surface area contributed by atoms with E-state index in [0.29, 0.717) is 63.4 Å². The molecule has 11 aliphatic heterocycles. The molecule has 75 heavy (non-hydrogen) atoms. The van der Waals surface area contributed by atoms with Gasteiger partial charge in [-0.05, 0) is 78.2 Å². The predicted octanol–water partition coefficient (Wildman–Crippen LogP) is 4.11. The van der Waals surface area contributed by atoms with Crippen LogP contribution in [-0.4, -0.2) is 193 Å². The summed E-state index contributed by atoms with van der Waals surface area (Å²) in [6.07, 6.45) is 1.10. The standard InChI is InChI=1S/C52H78O21S2/c1-9-10-13-48(4,54)47-27(3)18-36-35(68-47)24-43-52(8,71-36)46(53)45-39(67-43)22-38-44(69-45)26(2)11-14-50(6)41(66-38)25-40-51(7,73-50)15-12-28-29(65-40)19-31-30(62-28)20-32-33(63-31)21-37-34(64-32)23-42(72-75(58,59)60)49(5,70-37)16-17-61-74(55,56)57/h9-10,13,26,28-47,53-54H,1,3,11-12,14-25H2,2,4-8H3,(H,55,56,57)(H,58,59,60)/b13-10+. The van der Waals surface area contributed by atoms with Gasteiger partial charge in [0.25, 0.3) is 0 Å². The van der Waals surface area contributed by atoms with Crippen molar-refractivity contribution in [2.24, 2.45) is 5.92 Å². The van der Waals surface area contributed by atoms with Crippen LogP contribution in [0.5, 0.6) is 0 Å². The normalized spacial score (nSPS) is 52.6. The summed E-state index contributed by atoms with van der Waals surface area (Å²) >= 11 is 0. The zero-order valence-corrected chi connectivity index (χ0v) is 45.3. The van der Waals surface area contributed by atoms with Crippen molar-refractivity contribution in [1.29, 1.82) is 0 Å². The molecule has 0 aromatic heterocycles. The molecule has 11 rings (SSSR count). The lowest BCUT2D eigenvalue weighted by atomic mass is 9.73. The zero-order valence-electron chi connectivity index (χ0n) is 43.7. The highest BCUT2D eigenvalue weighted by atomic mass is 32.3. The molecular weight excluding hydrogens is 1020 g/mol. The fraction of sp³-hybridized carbons (Fsp3) is 0.885. The third-order valence-electron chi connectivity index (χ3n) is 19.1. The zero-order chi connectivity index (χ0) is 53.4. The first kappa shape index (κ1) is 55.4. The minimum absolute atomic E-state index is 0.00420. The molecule has 0 spiro atoms. The number of allylic oxidation sites excluding steroid dienone is 2. The Hall–Kier alpha value is -1.56. The highest BCUT2D eigenvalue weighted by molar-refractivity contribution is 7.81. The third kappa shape index (κ3) is 10.6. The fourth-order valence-electron chi connectivity index (χ4n) is 15.0. The smallest absolute Gasteiger partial charge is 0.387 e. The Balaban J connectivity index is 0.754. The van der Waals surface area contributed by atoms with Crippen LogP contribution >= 0.6 is 0 Å². The second kappa shape index (κ2) is 19.9. The average Bonchev–Trinajstić information content (AvgIpc) is 3.45. The summed E-state index contributed by atoms with van der Waals surface area (Å²) in [7, 11) is -9.73. The number of aliphatic hydroxyl groups is 2. The second-order valence-electron chi connectivity index (χ2n) is 24.6. The first-order valence-electron chi connectivity index (χ1n) is 27.1. The predicted molar refractivity (Wildman–Crippen MR) is 262 cm³/mol. The van der Waals surface area contributed by atoms with Gasteiger partial charge in [0.2, 0.25) is 0 Å². The van der Waals surface area contributed by atoms with Crippen LogP contribution in [0.4, 0.5) is 0 Å². The molecule has 11 heterocycles. The molecule has 11 aliphatic rings. The highest BCUT2D eigenvalue weighted by Gasteiger charge is 2.65. The monoisotopic (exact) mass is 1100 g/mol. The SMILES string of the molecule is C=C/C=C/C(C)(O)C1OC2CC3OC4CC5OC6CC7OC8CC9OC%10CC%11OC(C)(CCOS(=O)(=O)O)C(OS(=O)(=O)O)CC%11OC%10CC9OC8CCC7(C)OC6(C)CCC(C)C5OC4C(O)C3(C)OC2CC1=C. The first-order valence-corrected chi connectivity index (χ1v) is 29.8. The molecule has 26 unspecified atom stereocenters. The van der Waals surface area contributed by atoms with Gasteiger partial charge in [-0.2, -0.15) is 16.8 Å². The van der Waals surface area contributed by atoms with Crippen LogP contribution < -0.4 is 0 Å². The summed E-state index contributed by atoms with van der Waals surface area (Å²) in [6, 6.07) is 0. The Kier molecular flexibility index (Phi) is 14.7. The van der Waals surface area contributed by atoms with Crippen molar-refractivity contribution in [2.45, 2.75) is 275 Å². The van der Waals surface area contributed by atoms with Crippen LogP contribution in [0.15, 0.2) is 37.0 Å². The number of ether oxygens (including phenoxy) is 11. The topological polar surface area (TPSA) is 269 Å². The molecule has 0 radical (unpaired) electrons. The van der Waals surface area contributed by atoms with Gasteiger partial charge in [-0.3, -0.25) is 9.11 Å². The van der Waals surface area contributed by atoms with E-state index in [9.17, 15) is 31.6 Å². The molecule has 0 aliphatic carbocycles. The second-order valence-corrected chi connectivity index (χ2v) is 26.8. The van der Waals surface area contributed by atoms with Crippen molar-refractivity contribution in [3.8, 4) is 0 Å². The number of rotatable bonds is 9. The van der Waals surface area contributed by atoms with Crippen LogP contribution in [0.1, 0.15) is 125 Å². The number of aliphatic hydroxyl groups excluding tert-OH is 1. The van der Waals surface area contributed by atoms with Crippen LogP contribution in [-0.2, 0) is 81.3 Å². The van der Waals surface area contributed by atoms with Gasteiger partial charge >= 0.3 is 20.8 Å². The van der Waals surface area contributed by atoms with E-state index < -0.39 is 123 Å². The van der Waals surface area contributed by atoms with E-state index in [1.165, 1.54) is 6.92 Å². The van der Waals surface area contributed by atoms with E-state index >= 15 is 0 Å². The molecule has 0 saturated carbocycles. The lowest BCUT2D eigenvalue weighted by Gasteiger charge is -2.61. The maximum Gasteiger partial charge on any atom is 0.397 e. The Morgan fingerprint density at radius 1 is 0.667 bits per heavy atom. The first-order chi connectivity index (χ1) is 35.1. The lowest BCUT2D eigenvalue weighted by molar-refractivity contribution is -0.369. The van der Waals surface area contributed by atoms with Crippen molar-refractivity contribution in [3.63, 3.8) is 0 Å². The van der Waals surface area contributed by atoms with Gasteiger partial charge in [0.15, 0.2) is 0 Å². The summed E-state index contributed by atoms with van der Waals surface area (Å²) in [5, 5.41) is 23.6. The summed E-state index contributed by atoms with van der Waals surface area (Å²) < 4.78 is 151. The largest absolute Gasteiger partial charge is 0.397 e. The van der Waals surface area contributed by atoms with E-state index in [0.717, 1.165) is 12.8 Å². The molecule has 0 aromatic carbocycles. The molecule has 23 heteroatoms. The molecule has 0 bridgehead atoms. The van der Waals surface area contributed by atoms with E-state index in [2.05, 4.69) is 38.1 Å². The van der Waals surface area contributed by atoms with Crippen LogP contribution in [0, 0.1) is 5.92 Å². The number of fused-ring (bicyclic) bond motifs is 10. The molecule has 4 N–H and O–H groups in total. The van der Waals surface area contributed by atoms with Gasteiger partial charge in [-0.25, -0.2) is 8.37 Å². The van der Waals surface area contributed by atoms with Gasteiger partial charge < -0.3 is 62.3 Å². The molecule has 21 nitrogen and oxygen atoms in total. The molecule has 11 saturated heterocycles. The van der Waals surface area contributed by atoms with Crippen molar-refractivity contribution >= 4 is 20.8 Å². The summed E-state index contributed by atoms with van der Waals surface area (Å²) in [4.78, 5) is 0. The van der Waals surface area contributed by atoms with Crippen LogP contribution in [0.25, 0.3) is 0 Å². The van der Waals surface area contributed by atoms with E-state index in [1.54, 1.807) is 25.2 Å². The molecule has 11 fully saturated rings. The lowest BCUT2D eigenvalue weighted by Crippen LogP contribution is -2.74. The number of hydrogen-bond donors (Lipinski definition) is 4. The van der Waals surface area contributed by atoms with Crippen LogP contribution in [0.3, 0.4) is 0 Å². The fourth-order valence-corrected chi connectivity index (χ4v) is 15.9. The van der Waals surface area contributed by atoms with Crippen molar-refractivity contribution < 1.29 is 96.6 Å². The molecule has 0 amide bonds. The maximum atomic E-state index is 12.3. The summed E-state index contributed by atoms with van der Waals surface area (Å²) in [5.74, 6) is 0.0731. The van der Waals surface area contributed by atoms with Gasteiger partial charge in [0.1, 0.15) is 35.6 Å². The van der Waals surface area contributed by atoms with Gasteiger partial charge in [-0.15, -0.1) is 0 Å². The third-order valence-corrected chi connectivity index (χ3v) is 20.1. The van der Waals surface area contributed by atoms with Gasteiger partial charge in [0.05, 0.1) is 121 Å². The summed E-state index contributed by atoms with van der Waals surface area (Å²) in [5.41, 5.74) is -4.43. The molecule has 424 valence electrons. The van der Waals surface area contributed by atoms with Crippen LogP contribution in [0.2, 0.25) is 0 Å². The molecule has 0 aromatic rings. The minimum atomic E-state index is -4.94.